The number of hydrogen-bond acceptors (Lipinski definition) is 4. The molecule has 0 atom stereocenters. The molecule has 1 rings (SSSR count). The average Bonchev–Trinajstić information content (AvgIpc) is 2.25. The van der Waals surface area contributed by atoms with Crippen molar-refractivity contribution >= 4 is 12.0 Å². The Balaban J connectivity index is 3.06. The van der Waals surface area contributed by atoms with Crippen LogP contribution in [0.25, 0.3) is 6.08 Å². The first-order chi connectivity index (χ1) is 7.17. The van der Waals surface area contributed by atoms with Crippen molar-refractivity contribution in [1.29, 1.82) is 0 Å². The molecule has 2 N–H and O–H groups in total. The van der Waals surface area contributed by atoms with Crippen LogP contribution in [0, 0.1) is 0 Å². The Hall–Kier alpha value is -2.04. The molecule has 1 aromatic rings. The maximum Gasteiger partial charge on any atom is 0.241 e. The number of methoxy groups -OCH3 is 2. The molecular formula is C10H12N2O3. The molecule has 0 aliphatic rings. The Morgan fingerprint density at radius 3 is 2.67 bits per heavy atom. The molecular weight excluding hydrogens is 196 g/mol. The molecule has 0 aliphatic heterocycles. The standard InChI is InChI=1S/C10H12N2O3/c1-14-8-4-6-10(15-2)12-7(8)3-5-9(11)13/h3-6H,1-2H3,(H2,11,13)/b5-3+. The molecule has 1 aromatic heterocycles. The molecule has 0 aliphatic carbocycles. The molecule has 0 radical (unpaired) electrons. The van der Waals surface area contributed by atoms with Crippen molar-refractivity contribution in [3.05, 3.63) is 23.9 Å². The second-order valence-corrected chi connectivity index (χ2v) is 2.68. The van der Waals surface area contributed by atoms with Crippen molar-refractivity contribution in [3.8, 4) is 11.6 Å². The van der Waals surface area contributed by atoms with E-state index >= 15 is 0 Å². The van der Waals surface area contributed by atoms with Crippen LogP contribution in [0.3, 0.4) is 0 Å². The van der Waals surface area contributed by atoms with E-state index in [4.69, 9.17) is 15.2 Å². The van der Waals surface area contributed by atoms with Gasteiger partial charge in [-0.2, -0.15) is 0 Å². The summed E-state index contributed by atoms with van der Waals surface area (Å²) in [5.41, 5.74) is 5.47. The number of aromatic nitrogens is 1. The normalized spacial score (nSPS) is 10.3. The number of rotatable bonds is 4. The lowest BCUT2D eigenvalue weighted by Crippen LogP contribution is -2.05. The lowest BCUT2D eigenvalue weighted by Gasteiger charge is -2.05. The number of hydrogen-bond donors (Lipinski definition) is 1. The summed E-state index contributed by atoms with van der Waals surface area (Å²) in [5, 5.41) is 0. The Bertz CT molecular complexity index is 388. The highest BCUT2D eigenvalue weighted by atomic mass is 16.5. The quantitative estimate of drug-likeness (QED) is 0.735. The molecule has 0 unspecified atom stereocenters. The average molecular weight is 208 g/mol. The summed E-state index contributed by atoms with van der Waals surface area (Å²) < 4.78 is 10.0. The molecule has 0 aromatic carbocycles. The number of nitrogens with two attached hydrogens (primary N) is 1. The van der Waals surface area contributed by atoms with Gasteiger partial charge < -0.3 is 15.2 Å². The Morgan fingerprint density at radius 1 is 1.40 bits per heavy atom. The molecule has 0 saturated carbocycles. The molecule has 0 bridgehead atoms. The summed E-state index contributed by atoms with van der Waals surface area (Å²) in [6.07, 6.45) is 2.69. The number of nitrogens with zero attached hydrogens (tertiary/aromatic N) is 1. The highest BCUT2D eigenvalue weighted by Gasteiger charge is 2.03. The Morgan fingerprint density at radius 2 is 2.13 bits per heavy atom. The molecule has 5 nitrogen and oxygen atoms in total. The van der Waals surface area contributed by atoms with Crippen LogP contribution in [0.5, 0.6) is 11.6 Å². The van der Waals surface area contributed by atoms with Gasteiger partial charge in [-0.1, -0.05) is 0 Å². The number of carbonyl (C=O) groups is 1. The topological polar surface area (TPSA) is 74.4 Å². The highest BCUT2D eigenvalue weighted by molar-refractivity contribution is 5.90. The summed E-state index contributed by atoms with van der Waals surface area (Å²) in [6, 6.07) is 3.37. The SMILES string of the molecule is COc1ccc(OC)c(/C=C/C(N)=O)n1. The molecule has 0 fully saturated rings. The minimum atomic E-state index is -0.540. The maximum atomic E-state index is 10.6. The number of carbonyl (C=O) groups excluding carboxylic acids is 1. The van der Waals surface area contributed by atoms with E-state index in [0.717, 1.165) is 0 Å². The third-order valence-corrected chi connectivity index (χ3v) is 1.69. The van der Waals surface area contributed by atoms with E-state index in [0.29, 0.717) is 17.3 Å². The van der Waals surface area contributed by atoms with Gasteiger partial charge in [0.15, 0.2) is 0 Å². The zero-order valence-corrected chi connectivity index (χ0v) is 8.56. The molecule has 0 saturated heterocycles. The lowest BCUT2D eigenvalue weighted by atomic mass is 10.3. The van der Waals surface area contributed by atoms with Crippen molar-refractivity contribution in [2.24, 2.45) is 5.73 Å². The van der Waals surface area contributed by atoms with E-state index in [9.17, 15) is 4.79 Å². The van der Waals surface area contributed by atoms with Crippen LogP contribution in [0.1, 0.15) is 5.69 Å². The second-order valence-electron chi connectivity index (χ2n) is 2.68. The van der Waals surface area contributed by atoms with Crippen LogP contribution >= 0.6 is 0 Å². The fraction of sp³-hybridized carbons (Fsp3) is 0.200. The second kappa shape index (κ2) is 4.99. The van der Waals surface area contributed by atoms with Gasteiger partial charge >= 0.3 is 0 Å². The van der Waals surface area contributed by atoms with Crippen LogP contribution in [-0.4, -0.2) is 25.1 Å². The summed E-state index contributed by atoms with van der Waals surface area (Å²) >= 11 is 0. The van der Waals surface area contributed by atoms with Gasteiger partial charge in [-0.3, -0.25) is 4.79 Å². The Labute approximate surface area is 87.5 Å². The third kappa shape index (κ3) is 2.98. The first kappa shape index (κ1) is 11.0. The van der Waals surface area contributed by atoms with Gasteiger partial charge in [0.2, 0.25) is 11.8 Å². The van der Waals surface area contributed by atoms with E-state index in [-0.39, 0.29) is 0 Å². The van der Waals surface area contributed by atoms with Crippen LogP contribution in [0.4, 0.5) is 0 Å². The number of primary amides is 1. The van der Waals surface area contributed by atoms with Crippen molar-refractivity contribution in [3.63, 3.8) is 0 Å². The van der Waals surface area contributed by atoms with Crippen LogP contribution in [0.2, 0.25) is 0 Å². The van der Waals surface area contributed by atoms with E-state index in [1.54, 1.807) is 12.1 Å². The fourth-order valence-corrected chi connectivity index (χ4v) is 1.01. The van der Waals surface area contributed by atoms with Crippen molar-refractivity contribution in [2.75, 3.05) is 14.2 Å². The predicted molar refractivity (Wildman–Crippen MR) is 55.6 cm³/mol. The van der Waals surface area contributed by atoms with Gasteiger partial charge in [-0.05, 0) is 12.1 Å². The summed E-state index contributed by atoms with van der Waals surface area (Å²) in [6.45, 7) is 0. The molecule has 1 heterocycles. The van der Waals surface area contributed by atoms with E-state index in [1.165, 1.54) is 26.4 Å². The van der Waals surface area contributed by atoms with Crippen LogP contribution in [-0.2, 0) is 4.79 Å². The summed E-state index contributed by atoms with van der Waals surface area (Å²) in [7, 11) is 3.03. The van der Waals surface area contributed by atoms with Gasteiger partial charge in [0.05, 0.1) is 14.2 Å². The minimum Gasteiger partial charge on any atom is -0.494 e. The smallest absolute Gasteiger partial charge is 0.241 e. The Kier molecular flexibility index (Phi) is 3.68. The molecule has 5 heteroatoms. The predicted octanol–water partition coefficient (Wildman–Crippen LogP) is 0.597. The number of ether oxygens (including phenoxy) is 2. The molecule has 15 heavy (non-hydrogen) atoms. The molecule has 80 valence electrons. The van der Waals surface area contributed by atoms with Gasteiger partial charge in [-0.15, -0.1) is 0 Å². The number of amides is 1. The van der Waals surface area contributed by atoms with E-state index < -0.39 is 5.91 Å². The summed E-state index contributed by atoms with van der Waals surface area (Å²) in [5.74, 6) is 0.454. The third-order valence-electron chi connectivity index (χ3n) is 1.69. The highest BCUT2D eigenvalue weighted by Crippen LogP contribution is 2.20. The molecule has 1 amide bonds. The first-order valence-corrected chi connectivity index (χ1v) is 4.24. The van der Waals surface area contributed by atoms with Gasteiger partial charge in [-0.25, -0.2) is 4.98 Å². The van der Waals surface area contributed by atoms with Crippen molar-refractivity contribution < 1.29 is 14.3 Å². The van der Waals surface area contributed by atoms with Gasteiger partial charge in [0, 0.05) is 12.1 Å². The zero-order valence-electron chi connectivity index (χ0n) is 8.56. The monoisotopic (exact) mass is 208 g/mol. The fourth-order valence-electron chi connectivity index (χ4n) is 1.01. The van der Waals surface area contributed by atoms with Gasteiger partial charge in [0.1, 0.15) is 11.4 Å². The lowest BCUT2D eigenvalue weighted by molar-refractivity contribution is -0.113. The van der Waals surface area contributed by atoms with E-state index in [2.05, 4.69) is 4.98 Å². The van der Waals surface area contributed by atoms with Crippen molar-refractivity contribution in [2.45, 2.75) is 0 Å². The van der Waals surface area contributed by atoms with Crippen molar-refractivity contribution in [1.82, 2.24) is 4.98 Å². The number of pyridine rings is 1. The largest absolute Gasteiger partial charge is 0.494 e. The maximum absolute atomic E-state index is 10.6. The first-order valence-electron chi connectivity index (χ1n) is 4.24. The minimum absolute atomic E-state index is 0.444. The van der Waals surface area contributed by atoms with Crippen LogP contribution < -0.4 is 15.2 Å². The van der Waals surface area contributed by atoms with Crippen LogP contribution in [0.15, 0.2) is 18.2 Å². The molecule has 0 spiro atoms. The van der Waals surface area contributed by atoms with Gasteiger partial charge in [0.25, 0.3) is 0 Å². The van der Waals surface area contributed by atoms with E-state index in [1.807, 2.05) is 0 Å². The zero-order chi connectivity index (χ0) is 11.3. The summed E-state index contributed by atoms with van der Waals surface area (Å²) in [4.78, 5) is 14.7.